The Labute approximate surface area is 112 Å². The molecule has 1 rings (SSSR count). The number of nitro groups is 1. The van der Waals surface area contributed by atoms with Gasteiger partial charge < -0.3 is 0 Å². The average molecular weight is 282 g/mol. The lowest BCUT2D eigenvalue weighted by molar-refractivity contribution is -0.387. The van der Waals surface area contributed by atoms with Crippen LogP contribution in [0.4, 0.5) is 5.69 Å². The Kier molecular flexibility index (Phi) is 4.29. The van der Waals surface area contributed by atoms with Crippen molar-refractivity contribution in [2.75, 3.05) is 0 Å². The molecule has 0 saturated carbocycles. The molecule has 1 atom stereocenters. The number of hydrogen-bond donors (Lipinski definition) is 1. The lowest BCUT2D eigenvalue weighted by Gasteiger charge is -2.11. The summed E-state index contributed by atoms with van der Waals surface area (Å²) in [6.07, 6.45) is 5.10. The second-order valence-corrected chi connectivity index (χ2v) is 5.85. The Bertz CT molecular complexity index is 659. The van der Waals surface area contributed by atoms with Crippen LogP contribution in [0.1, 0.15) is 18.1 Å². The highest BCUT2D eigenvalue weighted by Crippen LogP contribution is 2.27. The number of nitrogens with one attached hydrogen (secondary N) is 1. The summed E-state index contributed by atoms with van der Waals surface area (Å²) in [5.74, 6) is 2.21. The van der Waals surface area contributed by atoms with Gasteiger partial charge in [-0.25, -0.2) is 8.42 Å². The van der Waals surface area contributed by atoms with Crippen LogP contribution >= 0.6 is 0 Å². The predicted molar refractivity (Wildman–Crippen MR) is 71.2 cm³/mol. The van der Waals surface area contributed by atoms with E-state index in [2.05, 4.69) is 10.6 Å². The van der Waals surface area contributed by atoms with Crippen molar-refractivity contribution in [1.29, 1.82) is 0 Å². The molecule has 0 radical (unpaired) electrons. The summed E-state index contributed by atoms with van der Waals surface area (Å²) in [5, 5.41) is 11.0. The molecule has 0 bridgehead atoms. The molecule has 7 heteroatoms. The molecule has 0 fully saturated rings. The topological polar surface area (TPSA) is 89.3 Å². The van der Waals surface area contributed by atoms with Gasteiger partial charge in [-0.15, -0.1) is 6.42 Å². The van der Waals surface area contributed by atoms with Crippen LogP contribution in [-0.4, -0.2) is 19.4 Å². The smallest absolute Gasteiger partial charge is 0.258 e. The largest absolute Gasteiger partial charge is 0.289 e. The summed E-state index contributed by atoms with van der Waals surface area (Å²) in [7, 11) is -4.02. The molecule has 0 heterocycles. The van der Waals surface area contributed by atoms with Gasteiger partial charge in [0.1, 0.15) is 0 Å². The Hall–Kier alpha value is -1.91. The van der Waals surface area contributed by atoms with Crippen LogP contribution in [0.15, 0.2) is 17.0 Å². The fourth-order valence-corrected chi connectivity index (χ4v) is 2.86. The van der Waals surface area contributed by atoms with Gasteiger partial charge in [0, 0.05) is 6.07 Å². The molecule has 1 aromatic rings. The van der Waals surface area contributed by atoms with Gasteiger partial charge in [-0.2, -0.15) is 4.72 Å². The van der Waals surface area contributed by atoms with Gasteiger partial charge in [0.15, 0.2) is 4.90 Å². The van der Waals surface area contributed by atoms with Crippen molar-refractivity contribution in [3.63, 3.8) is 0 Å². The third-order valence-corrected chi connectivity index (χ3v) is 4.21. The van der Waals surface area contributed by atoms with E-state index in [-0.39, 0.29) is 4.90 Å². The summed E-state index contributed by atoms with van der Waals surface area (Å²) < 4.78 is 26.4. The quantitative estimate of drug-likeness (QED) is 0.515. The Morgan fingerprint density at radius 1 is 1.37 bits per heavy atom. The summed E-state index contributed by atoms with van der Waals surface area (Å²) in [6.45, 7) is 4.84. The highest BCUT2D eigenvalue weighted by Gasteiger charge is 2.27. The van der Waals surface area contributed by atoms with Gasteiger partial charge >= 0.3 is 0 Å². The number of benzene rings is 1. The zero-order chi connectivity index (χ0) is 14.8. The van der Waals surface area contributed by atoms with Crippen molar-refractivity contribution in [3.8, 4) is 12.3 Å². The number of terminal acetylenes is 1. The Balaban J connectivity index is 3.46. The first-order chi connectivity index (χ1) is 8.69. The van der Waals surface area contributed by atoms with Crippen LogP contribution < -0.4 is 4.72 Å². The summed E-state index contributed by atoms with van der Waals surface area (Å²) >= 11 is 0. The van der Waals surface area contributed by atoms with Crippen molar-refractivity contribution in [2.24, 2.45) is 0 Å². The molecule has 0 aliphatic heterocycles. The lowest BCUT2D eigenvalue weighted by atomic mass is 10.1. The molecular weight excluding hydrogens is 268 g/mol. The minimum atomic E-state index is -4.02. The maximum absolute atomic E-state index is 12.1. The zero-order valence-corrected chi connectivity index (χ0v) is 11.6. The average Bonchev–Trinajstić information content (AvgIpc) is 2.30. The van der Waals surface area contributed by atoms with E-state index >= 15 is 0 Å². The fourth-order valence-electron chi connectivity index (χ4n) is 1.46. The lowest BCUT2D eigenvalue weighted by Crippen LogP contribution is -2.31. The zero-order valence-electron chi connectivity index (χ0n) is 10.8. The number of aryl methyl sites for hydroxylation is 2. The minimum absolute atomic E-state index is 0.372. The van der Waals surface area contributed by atoms with E-state index < -0.39 is 26.7 Å². The number of sulfonamides is 1. The minimum Gasteiger partial charge on any atom is -0.258 e. The van der Waals surface area contributed by atoms with Crippen LogP contribution in [0.25, 0.3) is 0 Å². The van der Waals surface area contributed by atoms with Crippen LogP contribution in [0.3, 0.4) is 0 Å². The van der Waals surface area contributed by atoms with Crippen molar-refractivity contribution < 1.29 is 13.3 Å². The van der Waals surface area contributed by atoms with Crippen molar-refractivity contribution in [1.82, 2.24) is 4.72 Å². The monoisotopic (exact) mass is 282 g/mol. The van der Waals surface area contributed by atoms with E-state index in [0.717, 1.165) is 0 Å². The van der Waals surface area contributed by atoms with Gasteiger partial charge in [0.25, 0.3) is 5.69 Å². The van der Waals surface area contributed by atoms with Gasteiger partial charge in [-0.1, -0.05) is 5.92 Å². The first-order valence-corrected chi connectivity index (χ1v) is 6.91. The maximum Gasteiger partial charge on any atom is 0.289 e. The van der Waals surface area contributed by atoms with E-state index in [1.54, 1.807) is 13.8 Å². The highest BCUT2D eigenvalue weighted by molar-refractivity contribution is 7.89. The molecule has 0 aromatic heterocycles. The molecule has 1 aromatic carbocycles. The third-order valence-electron chi connectivity index (χ3n) is 2.64. The predicted octanol–water partition coefficient (Wildman–Crippen LogP) is 1.51. The van der Waals surface area contributed by atoms with Crippen molar-refractivity contribution in [2.45, 2.75) is 31.7 Å². The number of rotatable bonds is 4. The van der Waals surface area contributed by atoms with E-state index in [4.69, 9.17) is 6.42 Å². The van der Waals surface area contributed by atoms with Crippen LogP contribution in [0.5, 0.6) is 0 Å². The summed E-state index contributed by atoms with van der Waals surface area (Å²) in [6, 6.07) is 1.77. The molecule has 1 N–H and O–H groups in total. The molecule has 0 amide bonds. The SMILES string of the molecule is C#CC(C)NS(=O)(=O)c1cc(C)c(C)cc1[N+](=O)[O-]. The second kappa shape index (κ2) is 5.38. The Morgan fingerprint density at radius 3 is 2.37 bits per heavy atom. The maximum atomic E-state index is 12.1. The summed E-state index contributed by atoms with van der Waals surface area (Å²) in [5.41, 5.74) is 0.842. The standard InChI is InChI=1S/C12H14N2O4S/c1-5-10(4)13-19(17,18)12-7-9(3)8(2)6-11(12)14(15)16/h1,6-7,10,13H,2-4H3. The van der Waals surface area contributed by atoms with Crippen LogP contribution in [0.2, 0.25) is 0 Å². The molecular formula is C12H14N2O4S. The first-order valence-electron chi connectivity index (χ1n) is 5.43. The van der Waals surface area contributed by atoms with E-state index in [1.807, 2.05) is 0 Å². The van der Waals surface area contributed by atoms with E-state index in [1.165, 1.54) is 19.1 Å². The fraction of sp³-hybridized carbons (Fsp3) is 0.333. The van der Waals surface area contributed by atoms with Gasteiger partial charge in [0.05, 0.1) is 11.0 Å². The van der Waals surface area contributed by atoms with Crippen molar-refractivity contribution in [3.05, 3.63) is 33.4 Å². The molecule has 0 aliphatic carbocycles. The molecule has 0 aliphatic rings. The Morgan fingerprint density at radius 2 is 1.89 bits per heavy atom. The molecule has 0 spiro atoms. The van der Waals surface area contributed by atoms with Gasteiger partial charge in [-0.05, 0) is 38.0 Å². The third kappa shape index (κ3) is 3.30. The van der Waals surface area contributed by atoms with Crippen molar-refractivity contribution >= 4 is 15.7 Å². The van der Waals surface area contributed by atoms with Crippen LogP contribution in [0, 0.1) is 36.3 Å². The summed E-state index contributed by atoms with van der Waals surface area (Å²) in [4.78, 5) is 9.87. The highest BCUT2D eigenvalue weighted by atomic mass is 32.2. The molecule has 0 saturated heterocycles. The number of nitro benzene ring substituents is 1. The first kappa shape index (κ1) is 15.1. The number of nitrogens with zero attached hydrogens (tertiary/aromatic N) is 1. The molecule has 102 valence electrons. The number of hydrogen-bond acceptors (Lipinski definition) is 4. The second-order valence-electron chi connectivity index (χ2n) is 4.17. The van der Waals surface area contributed by atoms with Gasteiger partial charge in [0.2, 0.25) is 10.0 Å². The normalized spacial score (nSPS) is 12.7. The van der Waals surface area contributed by atoms with Crippen LogP contribution in [-0.2, 0) is 10.0 Å². The molecule has 19 heavy (non-hydrogen) atoms. The molecule has 6 nitrogen and oxygen atoms in total. The molecule has 1 unspecified atom stereocenters. The van der Waals surface area contributed by atoms with E-state index in [9.17, 15) is 18.5 Å². The van der Waals surface area contributed by atoms with E-state index in [0.29, 0.717) is 11.1 Å². The van der Waals surface area contributed by atoms with Gasteiger partial charge in [-0.3, -0.25) is 10.1 Å².